The number of carboxylic acids is 1. The number of rotatable bonds is 5. The first-order valence-corrected chi connectivity index (χ1v) is 6.37. The van der Waals surface area contributed by atoms with Gasteiger partial charge in [-0.2, -0.15) is 0 Å². The fourth-order valence-corrected chi connectivity index (χ4v) is 1.91. The van der Waals surface area contributed by atoms with Crippen molar-refractivity contribution in [3.63, 3.8) is 0 Å². The van der Waals surface area contributed by atoms with Gasteiger partial charge in [-0.3, -0.25) is 4.79 Å². The van der Waals surface area contributed by atoms with E-state index in [2.05, 4.69) is 10.1 Å². The van der Waals surface area contributed by atoms with Crippen LogP contribution in [0.15, 0.2) is 0 Å². The van der Waals surface area contributed by atoms with Crippen molar-refractivity contribution in [1.29, 1.82) is 0 Å². The van der Waals surface area contributed by atoms with E-state index in [9.17, 15) is 14.4 Å². The molecule has 1 saturated heterocycles. The molecule has 0 aromatic heterocycles. The molecule has 0 aliphatic carbocycles. The highest BCUT2D eigenvalue weighted by atomic mass is 16.5. The summed E-state index contributed by atoms with van der Waals surface area (Å²) in [6.45, 7) is 2.71. The van der Waals surface area contributed by atoms with Crippen LogP contribution < -0.4 is 5.32 Å². The summed E-state index contributed by atoms with van der Waals surface area (Å²) in [4.78, 5) is 35.5. The number of morpholine rings is 1. The zero-order valence-electron chi connectivity index (χ0n) is 11.6. The molecular formula is C12H20N2O6. The summed E-state index contributed by atoms with van der Waals surface area (Å²) in [7, 11) is 1.25. The van der Waals surface area contributed by atoms with E-state index >= 15 is 0 Å². The van der Waals surface area contributed by atoms with Crippen molar-refractivity contribution < 1.29 is 29.0 Å². The molecule has 0 aromatic carbocycles. The topological polar surface area (TPSA) is 105 Å². The van der Waals surface area contributed by atoms with Gasteiger partial charge in [-0.1, -0.05) is 6.92 Å². The normalized spacial score (nSPS) is 20.1. The summed E-state index contributed by atoms with van der Waals surface area (Å²) in [6, 6.07) is -1.18. The Morgan fingerprint density at radius 2 is 2.20 bits per heavy atom. The van der Waals surface area contributed by atoms with Crippen LogP contribution in [0.5, 0.6) is 0 Å². The summed E-state index contributed by atoms with van der Waals surface area (Å²) >= 11 is 0. The predicted octanol–water partition coefficient (Wildman–Crippen LogP) is -0.319. The highest BCUT2D eigenvalue weighted by molar-refractivity contribution is 5.84. The molecule has 1 heterocycles. The Hall–Kier alpha value is -1.83. The molecule has 114 valence electrons. The number of hydrogen-bond donors (Lipinski definition) is 2. The second-order valence-corrected chi connectivity index (χ2v) is 4.70. The molecule has 1 aliphatic rings. The van der Waals surface area contributed by atoms with Crippen molar-refractivity contribution in [2.45, 2.75) is 19.4 Å². The van der Waals surface area contributed by atoms with E-state index < -0.39 is 24.0 Å². The van der Waals surface area contributed by atoms with Gasteiger partial charge in [0.15, 0.2) is 6.04 Å². The van der Waals surface area contributed by atoms with Crippen LogP contribution in [0.2, 0.25) is 0 Å². The SMILES string of the molecule is COC(=O)C1COCCN1C(=O)NCC(C)CC(=O)O. The highest BCUT2D eigenvalue weighted by Crippen LogP contribution is 2.09. The quantitative estimate of drug-likeness (QED) is 0.672. The number of methoxy groups -OCH3 is 1. The van der Waals surface area contributed by atoms with E-state index in [0.29, 0.717) is 13.2 Å². The number of ether oxygens (including phenoxy) is 2. The molecule has 0 saturated carbocycles. The van der Waals surface area contributed by atoms with E-state index in [-0.39, 0.29) is 25.5 Å². The minimum Gasteiger partial charge on any atom is -0.481 e. The maximum absolute atomic E-state index is 12.0. The average Bonchev–Trinajstić information content (AvgIpc) is 2.43. The number of carboxylic acid groups (broad SMARTS) is 1. The van der Waals surface area contributed by atoms with Crippen LogP contribution in [-0.2, 0) is 19.1 Å². The van der Waals surface area contributed by atoms with Crippen molar-refractivity contribution in [3.8, 4) is 0 Å². The number of nitrogens with one attached hydrogen (secondary N) is 1. The molecule has 20 heavy (non-hydrogen) atoms. The number of aliphatic carboxylic acids is 1. The zero-order valence-corrected chi connectivity index (χ0v) is 11.6. The van der Waals surface area contributed by atoms with Gasteiger partial charge < -0.3 is 24.8 Å². The summed E-state index contributed by atoms with van der Waals surface area (Å²) < 4.78 is 9.79. The van der Waals surface area contributed by atoms with E-state index in [4.69, 9.17) is 9.84 Å². The van der Waals surface area contributed by atoms with Gasteiger partial charge in [-0.05, 0) is 5.92 Å². The number of urea groups is 1. The first kappa shape index (κ1) is 16.2. The second-order valence-electron chi connectivity index (χ2n) is 4.70. The van der Waals surface area contributed by atoms with E-state index in [0.717, 1.165) is 0 Å². The van der Waals surface area contributed by atoms with Crippen LogP contribution in [0.3, 0.4) is 0 Å². The fraction of sp³-hybridized carbons (Fsp3) is 0.750. The molecule has 1 fully saturated rings. The van der Waals surface area contributed by atoms with Crippen molar-refractivity contribution in [3.05, 3.63) is 0 Å². The molecule has 2 amide bonds. The molecule has 1 rings (SSSR count). The molecule has 0 bridgehead atoms. The summed E-state index contributed by atoms with van der Waals surface area (Å²) in [5.41, 5.74) is 0. The van der Waals surface area contributed by atoms with Gasteiger partial charge in [0.1, 0.15) is 0 Å². The summed E-state index contributed by atoms with van der Waals surface area (Å²) in [5, 5.41) is 11.3. The largest absolute Gasteiger partial charge is 0.481 e. The van der Waals surface area contributed by atoms with Gasteiger partial charge in [-0.15, -0.1) is 0 Å². The molecule has 0 aromatic rings. The third-order valence-electron chi connectivity index (χ3n) is 2.99. The summed E-state index contributed by atoms with van der Waals surface area (Å²) in [6.07, 6.45) is -0.0240. The monoisotopic (exact) mass is 288 g/mol. The number of esters is 1. The standard InChI is InChI=1S/C12H20N2O6/c1-8(5-10(15)16)6-13-12(18)14-3-4-20-7-9(14)11(17)19-2/h8-9H,3-7H2,1-2H3,(H,13,18)(H,15,16). The number of nitrogens with zero attached hydrogens (tertiary/aromatic N) is 1. The van der Waals surface area contributed by atoms with Gasteiger partial charge >= 0.3 is 18.0 Å². The molecule has 2 unspecified atom stereocenters. The second kappa shape index (κ2) is 7.68. The van der Waals surface area contributed by atoms with Crippen molar-refractivity contribution >= 4 is 18.0 Å². The molecule has 8 heteroatoms. The first-order valence-electron chi connectivity index (χ1n) is 6.37. The van der Waals surface area contributed by atoms with Gasteiger partial charge in [0.05, 0.1) is 20.3 Å². The minimum absolute atomic E-state index is 0.0240. The van der Waals surface area contributed by atoms with Gasteiger partial charge in [0, 0.05) is 19.5 Å². The molecule has 2 N–H and O–H groups in total. The number of carbonyl (C=O) groups excluding carboxylic acids is 2. The Kier molecular flexibility index (Phi) is 6.23. The van der Waals surface area contributed by atoms with Crippen molar-refractivity contribution in [1.82, 2.24) is 10.2 Å². The Balaban J connectivity index is 2.51. The van der Waals surface area contributed by atoms with Gasteiger partial charge in [0.2, 0.25) is 0 Å². The number of carbonyl (C=O) groups is 3. The zero-order chi connectivity index (χ0) is 15.1. The molecule has 0 spiro atoms. The third-order valence-corrected chi connectivity index (χ3v) is 2.99. The minimum atomic E-state index is -0.912. The number of hydrogen-bond acceptors (Lipinski definition) is 5. The van der Waals surface area contributed by atoms with Crippen molar-refractivity contribution in [2.75, 3.05) is 33.4 Å². The van der Waals surface area contributed by atoms with Crippen LogP contribution in [0.25, 0.3) is 0 Å². The lowest BCUT2D eigenvalue weighted by Crippen LogP contribution is -2.56. The van der Waals surface area contributed by atoms with Crippen LogP contribution >= 0.6 is 0 Å². The lowest BCUT2D eigenvalue weighted by molar-refractivity contribution is -0.151. The molecular weight excluding hydrogens is 268 g/mol. The van der Waals surface area contributed by atoms with E-state index in [1.165, 1.54) is 12.0 Å². The van der Waals surface area contributed by atoms with E-state index in [1.807, 2.05) is 0 Å². The van der Waals surface area contributed by atoms with Crippen LogP contribution in [0.1, 0.15) is 13.3 Å². The van der Waals surface area contributed by atoms with E-state index in [1.54, 1.807) is 6.92 Å². The average molecular weight is 288 g/mol. The van der Waals surface area contributed by atoms with Crippen LogP contribution in [0, 0.1) is 5.92 Å². The smallest absolute Gasteiger partial charge is 0.331 e. The van der Waals surface area contributed by atoms with Gasteiger partial charge in [-0.25, -0.2) is 9.59 Å². The van der Waals surface area contributed by atoms with Crippen molar-refractivity contribution in [2.24, 2.45) is 5.92 Å². The van der Waals surface area contributed by atoms with Crippen LogP contribution in [0.4, 0.5) is 4.79 Å². The van der Waals surface area contributed by atoms with Crippen LogP contribution in [-0.4, -0.2) is 67.4 Å². The Morgan fingerprint density at radius 1 is 1.50 bits per heavy atom. The fourth-order valence-electron chi connectivity index (χ4n) is 1.91. The summed E-state index contributed by atoms with van der Waals surface area (Å²) in [5.74, 6) is -1.63. The highest BCUT2D eigenvalue weighted by Gasteiger charge is 2.33. The lowest BCUT2D eigenvalue weighted by atomic mass is 10.1. The predicted molar refractivity (Wildman–Crippen MR) is 68.1 cm³/mol. The Bertz CT molecular complexity index is 373. The molecule has 0 radical (unpaired) electrons. The molecule has 1 aliphatic heterocycles. The lowest BCUT2D eigenvalue weighted by Gasteiger charge is -2.33. The maximum Gasteiger partial charge on any atom is 0.331 e. The molecule has 2 atom stereocenters. The molecule has 8 nitrogen and oxygen atoms in total. The Morgan fingerprint density at radius 3 is 2.80 bits per heavy atom. The third kappa shape index (κ3) is 4.69. The Labute approximate surface area is 117 Å². The van der Waals surface area contributed by atoms with Gasteiger partial charge in [0.25, 0.3) is 0 Å². The number of amides is 2. The first-order chi connectivity index (χ1) is 9.45. The maximum atomic E-state index is 12.0.